The highest BCUT2D eigenvalue weighted by Crippen LogP contribution is 2.29. The minimum Gasteiger partial charge on any atom is -0.490 e. The summed E-state index contributed by atoms with van der Waals surface area (Å²) >= 11 is 0. The first kappa shape index (κ1) is 19.7. The Morgan fingerprint density at radius 1 is 1.04 bits per heavy atom. The van der Waals surface area contributed by atoms with Gasteiger partial charge in [-0.15, -0.1) is 0 Å². The molecule has 0 N–H and O–H groups in total. The SMILES string of the molecule is CCOc1ccc(/C=C/C(=O)N2CCN(c3ccccn3)CC2)cc1OCC. The van der Waals surface area contributed by atoms with Gasteiger partial charge in [-0.1, -0.05) is 12.1 Å². The Kier molecular flexibility index (Phi) is 6.89. The number of hydrogen-bond donors (Lipinski definition) is 0. The molecule has 1 fully saturated rings. The summed E-state index contributed by atoms with van der Waals surface area (Å²) in [5.41, 5.74) is 0.910. The van der Waals surface area contributed by atoms with Gasteiger partial charge in [0.05, 0.1) is 13.2 Å². The first-order valence-electron chi connectivity index (χ1n) is 9.74. The van der Waals surface area contributed by atoms with Crippen LogP contribution in [0, 0.1) is 0 Å². The van der Waals surface area contributed by atoms with Crippen LogP contribution < -0.4 is 14.4 Å². The molecule has 0 radical (unpaired) electrons. The highest BCUT2D eigenvalue weighted by atomic mass is 16.5. The molecule has 0 unspecified atom stereocenters. The van der Waals surface area contributed by atoms with Gasteiger partial charge in [0.2, 0.25) is 5.91 Å². The number of aromatic nitrogens is 1. The van der Waals surface area contributed by atoms with E-state index in [4.69, 9.17) is 9.47 Å². The number of piperazine rings is 1. The average molecular weight is 381 g/mol. The molecule has 1 aliphatic heterocycles. The van der Waals surface area contributed by atoms with Crippen LogP contribution in [0.25, 0.3) is 6.08 Å². The Labute approximate surface area is 166 Å². The van der Waals surface area contributed by atoms with Crippen molar-refractivity contribution in [2.75, 3.05) is 44.3 Å². The van der Waals surface area contributed by atoms with Crippen molar-refractivity contribution < 1.29 is 14.3 Å². The maximum Gasteiger partial charge on any atom is 0.246 e. The fraction of sp³-hybridized carbons (Fsp3) is 0.364. The van der Waals surface area contributed by atoms with E-state index in [-0.39, 0.29) is 5.91 Å². The van der Waals surface area contributed by atoms with Gasteiger partial charge < -0.3 is 19.3 Å². The van der Waals surface area contributed by atoms with Gasteiger partial charge in [0, 0.05) is 38.5 Å². The average Bonchev–Trinajstić information content (AvgIpc) is 2.75. The van der Waals surface area contributed by atoms with E-state index in [0.29, 0.717) is 32.1 Å². The third-order valence-electron chi connectivity index (χ3n) is 4.55. The molecule has 1 saturated heterocycles. The predicted octanol–water partition coefficient (Wildman–Crippen LogP) is 3.24. The Hall–Kier alpha value is -3.02. The van der Waals surface area contributed by atoms with Crippen LogP contribution in [0.5, 0.6) is 11.5 Å². The van der Waals surface area contributed by atoms with E-state index in [9.17, 15) is 4.79 Å². The Balaban J connectivity index is 1.59. The lowest BCUT2D eigenvalue weighted by Gasteiger charge is -2.34. The lowest BCUT2D eigenvalue weighted by atomic mass is 10.2. The van der Waals surface area contributed by atoms with Crippen LogP contribution >= 0.6 is 0 Å². The summed E-state index contributed by atoms with van der Waals surface area (Å²) in [6.45, 7) is 7.97. The molecule has 3 rings (SSSR count). The lowest BCUT2D eigenvalue weighted by molar-refractivity contribution is -0.126. The zero-order valence-corrected chi connectivity index (χ0v) is 16.5. The summed E-state index contributed by atoms with van der Waals surface area (Å²) in [4.78, 5) is 21.0. The summed E-state index contributed by atoms with van der Waals surface area (Å²) in [6.07, 6.45) is 5.25. The molecular weight excluding hydrogens is 354 g/mol. The molecule has 148 valence electrons. The van der Waals surface area contributed by atoms with E-state index in [0.717, 1.165) is 30.2 Å². The topological polar surface area (TPSA) is 54.9 Å². The molecular formula is C22H27N3O3. The van der Waals surface area contributed by atoms with E-state index < -0.39 is 0 Å². The normalized spacial score (nSPS) is 14.4. The van der Waals surface area contributed by atoms with Gasteiger partial charge in [-0.25, -0.2) is 4.98 Å². The Morgan fingerprint density at radius 3 is 2.46 bits per heavy atom. The highest BCUT2D eigenvalue weighted by Gasteiger charge is 2.20. The molecule has 2 heterocycles. The number of carbonyl (C=O) groups is 1. The van der Waals surface area contributed by atoms with Crippen molar-refractivity contribution in [1.82, 2.24) is 9.88 Å². The molecule has 2 aromatic rings. The fourth-order valence-electron chi connectivity index (χ4n) is 3.14. The number of carbonyl (C=O) groups excluding carboxylic acids is 1. The largest absolute Gasteiger partial charge is 0.490 e. The molecule has 0 atom stereocenters. The van der Waals surface area contributed by atoms with Crippen molar-refractivity contribution >= 4 is 17.8 Å². The van der Waals surface area contributed by atoms with E-state index in [2.05, 4.69) is 9.88 Å². The molecule has 1 amide bonds. The van der Waals surface area contributed by atoms with Crippen LogP contribution in [-0.4, -0.2) is 55.2 Å². The molecule has 0 saturated carbocycles. The van der Waals surface area contributed by atoms with Crippen molar-refractivity contribution in [1.29, 1.82) is 0 Å². The molecule has 1 aliphatic rings. The van der Waals surface area contributed by atoms with Gasteiger partial charge in [0.15, 0.2) is 11.5 Å². The van der Waals surface area contributed by atoms with E-state index >= 15 is 0 Å². The number of anilines is 1. The summed E-state index contributed by atoms with van der Waals surface area (Å²) in [7, 11) is 0. The smallest absolute Gasteiger partial charge is 0.246 e. The van der Waals surface area contributed by atoms with Gasteiger partial charge in [-0.05, 0) is 49.8 Å². The van der Waals surface area contributed by atoms with Gasteiger partial charge in [0.1, 0.15) is 5.82 Å². The van der Waals surface area contributed by atoms with Crippen molar-refractivity contribution in [3.8, 4) is 11.5 Å². The number of nitrogens with zero attached hydrogens (tertiary/aromatic N) is 3. The zero-order valence-electron chi connectivity index (χ0n) is 16.5. The fourth-order valence-corrected chi connectivity index (χ4v) is 3.14. The second-order valence-corrected chi connectivity index (χ2v) is 6.41. The monoisotopic (exact) mass is 381 g/mol. The molecule has 0 spiro atoms. The quantitative estimate of drug-likeness (QED) is 0.689. The van der Waals surface area contributed by atoms with Crippen LogP contribution in [0.15, 0.2) is 48.7 Å². The summed E-state index contributed by atoms with van der Waals surface area (Å²) in [6, 6.07) is 11.6. The Bertz CT molecular complexity index is 800. The first-order chi connectivity index (χ1) is 13.7. The standard InChI is InChI=1S/C22H27N3O3/c1-3-27-19-10-8-18(17-20(19)28-4-2)9-11-22(26)25-15-13-24(14-16-25)21-7-5-6-12-23-21/h5-12,17H,3-4,13-16H2,1-2H3/b11-9+. The summed E-state index contributed by atoms with van der Waals surface area (Å²) in [5, 5.41) is 0. The van der Waals surface area contributed by atoms with Crippen LogP contribution in [0.3, 0.4) is 0 Å². The highest BCUT2D eigenvalue weighted by molar-refractivity contribution is 5.92. The van der Waals surface area contributed by atoms with E-state index in [1.54, 1.807) is 12.3 Å². The van der Waals surface area contributed by atoms with E-state index in [1.165, 1.54) is 0 Å². The summed E-state index contributed by atoms with van der Waals surface area (Å²) < 4.78 is 11.2. The van der Waals surface area contributed by atoms with Crippen molar-refractivity contribution in [3.63, 3.8) is 0 Å². The number of hydrogen-bond acceptors (Lipinski definition) is 5. The van der Waals surface area contributed by atoms with Crippen LogP contribution in [0.2, 0.25) is 0 Å². The summed E-state index contributed by atoms with van der Waals surface area (Å²) in [5.74, 6) is 2.40. The van der Waals surface area contributed by atoms with Gasteiger partial charge in [-0.2, -0.15) is 0 Å². The maximum absolute atomic E-state index is 12.5. The number of pyridine rings is 1. The van der Waals surface area contributed by atoms with Gasteiger partial charge in [-0.3, -0.25) is 4.79 Å². The second kappa shape index (κ2) is 9.78. The Morgan fingerprint density at radius 2 is 1.79 bits per heavy atom. The zero-order chi connectivity index (χ0) is 19.8. The van der Waals surface area contributed by atoms with E-state index in [1.807, 2.05) is 61.2 Å². The molecule has 28 heavy (non-hydrogen) atoms. The second-order valence-electron chi connectivity index (χ2n) is 6.41. The molecule has 6 nitrogen and oxygen atoms in total. The number of ether oxygens (including phenoxy) is 2. The third kappa shape index (κ3) is 5.03. The van der Waals surface area contributed by atoms with Crippen molar-refractivity contribution in [3.05, 3.63) is 54.2 Å². The van der Waals surface area contributed by atoms with Crippen LogP contribution in [-0.2, 0) is 4.79 Å². The van der Waals surface area contributed by atoms with Crippen LogP contribution in [0.4, 0.5) is 5.82 Å². The molecule has 1 aromatic heterocycles. The minimum atomic E-state index is 0.0208. The maximum atomic E-state index is 12.5. The number of rotatable bonds is 7. The van der Waals surface area contributed by atoms with Crippen molar-refractivity contribution in [2.24, 2.45) is 0 Å². The third-order valence-corrected chi connectivity index (χ3v) is 4.55. The minimum absolute atomic E-state index is 0.0208. The molecule has 1 aromatic carbocycles. The molecule has 0 bridgehead atoms. The lowest BCUT2D eigenvalue weighted by Crippen LogP contribution is -2.48. The number of amides is 1. The molecule has 0 aliphatic carbocycles. The molecule has 6 heteroatoms. The predicted molar refractivity (Wildman–Crippen MR) is 111 cm³/mol. The first-order valence-corrected chi connectivity index (χ1v) is 9.74. The van der Waals surface area contributed by atoms with Crippen LogP contribution in [0.1, 0.15) is 19.4 Å². The number of benzene rings is 1. The van der Waals surface area contributed by atoms with Gasteiger partial charge >= 0.3 is 0 Å². The van der Waals surface area contributed by atoms with Gasteiger partial charge in [0.25, 0.3) is 0 Å². The van der Waals surface area contributed by atoms with Crippen molar-refractivity contribution in [2.45, 2.75) is 13.8 Å².